The van der Waals surface area contributed by atoms with Crippen LogP contribution in [0.1, 0.15) is 13.3 Å². The van der Waals surface area contributed by atoms with Gasteiger partial charge in [-0.05, 0) is 6.92 Å². The number of aliphatic carboxylic acids is 1. The second-order valence-electron chi connectivity index (χ2n) is 3.68. The number of carbonyl (C=O) groups excluding carboxylic acids is 1. The molecule has 0 rings (SSSR count). The number of ether oxygens (including phenoxy) is 1. The minimum absolute atomic E-state index is 0.0152. The maximum Gasteiger partial charge on any atom is 0.314 e. The predicted octanol–water partition coefficient (Wildman–Crippen LogP) is -1.55. The van der Waals surface area contributed by atoms with Crippen LogP contribution in [0, 0.1) is 0 Å². The monoisotopic (exact) mass is 297 g/mol. The summed E-state index contributed by atoms with van der Waals surface area (Å²) >= 11 is 0. The molecule has 0 aliphatic rings. The van der Waals surface area contributed by atoms with E-state index in [1.54, 1.807) is 6.92 Å². The molecule has 0 aliphatic heterocycles. The van der Waals surface area contributed by atoms with Crippen molar-refractivity contribution in [3.05, 3.63) is 0 Å². The van der Waals surface area contributed by atoms with E-state index < -0.39 is 28.1 Å². The van der Waals surface area contributed by atoms with Crippen LogP contribution in [0.25, 0.3) is 0 Å². The summed E-state index contributed by atoms with van der Waals surface area (Å²) in [5, 5.41) is 18.0. The number of rotatable bonds is 9. The van der Waals surface area contributed by atoms with E-state index in [4.69, 9.17) is 15.0 Å². The lowest BCUT2D eigenvalue weighted by molar-refractivity contribution is -0.140. The zero-order valence-electron chi connectivity index (χ0n) is 10.6. The molecule has 1 atom stereocenters. The van der Waals surface area contributed by atoms with Crippen molar-refractivity contribution >= 4 is 22.0 Å². The van der Waals surface area contributed by atoms with Crippen molar-refractivity contribution in [2.75, 3.05) is 25.4 Å². The van der Waals surface area contributed by atoms with Gasteiger partial charge in [0.2, 0.25) is 10.0 Å². The van der Waals surface area contributed by atoms with Gasteiger partial charge in [-0.25, -0.2) is 18.4 Å². The van der Waals surface area contributed by atoms with Crippen LogP contribution in [-0.2, 0) is 19.6 Å². The van der Waals surface area contributed by atoms with Crippen LogP contribution in [0.4, 0.5) is 4.79 Å². The molecular weight excluding hydrogens is 278 g/mol. The molecule has 2 amide bonds. The molecule has 0 fully saturated rings. The van der Waals surface area contributed by atoms with Crippen molar-refractivity contribution in [2.45, 2.75) is 19.4 Å². The highest BCUT2D eigenvalue weighted by Gasteiger charge is 2.14. The standard InChI is InChI=1S/C9H19N3O6S/c1-2-18-7(5-8(13)14)6-12-9(15)11-3-4-19(10,16)17/h7H,2-6H2,1H3,(H,13,14)(H2,10,16,17)(H2,11,12,15). The molecule has 0 aromatic rings. The van der Waals surface area contributed by atoms with Gasteiger partial charge in [0.25, 0.3) is 0 Å². The number of amides is 2. The molecule has 0 aromatic heterocycles. The van der Waals surface area contributed by atoms with Crippen molar-refractivity contribution in [1.82, 2.24) is 10.6 Å². The maximum atomic E-state index is 11.3. The van der Waals surface area contributed by atoms with Crippen molar-refractivity contribution in [2.24, 2.45) is 5.14 Å². The average Bonchev–Trinajstić information content (AvgIpc) is 2.23. The smallest absolute Gasteiger partial charge is 0.314 e. The summed E-state index contributed by atoms with van der Waals surface area (Å²) in [6.45, 7) is 1.93. The number of primary sulfonamides is 1. The van der Waals surface area contributed by atoms with Gasteiger partial charge in [-0.2, -0.15) is 0 Å². The number of carboxylic acid groups (broad SMARTS) is 1. The van der Waals surface area contributed by atoms with E-state index in [1.807, 2.05) is 0 Å². The second-order valence-corrected chi connectivity index (χ2v) is 5.41. The molecule has 0 saturated carbocycles. The van der Waals surface area contributed by atoms with Crippen molar-refractivity contribution in [1.29, 1.82) is 0 Å². The first-order valence-electron chi connectivity index (χ1n) is 5.60. The van der Waals surface area contributed by atoms with E-state index in [2.05, 4.69) is 10.6 Å². The molecule has 0 radical (unpaired) electrons. The number of nitrogens with one attached hydrogen (secondary N) is 2. The number of carboxylic acids is 1. The van der Waals surface area contributed by atoms with E-state index in [1.165, 1.54) is 0 Å². The Bertz CT molecular complexity index is 397. The highest BCUT2D eigenvalue weighted by molar-refractivity contribution is 7.89. The molecule has 0 bridgehead atoms. The fourth-order valence-corrected chi connectivity index (χ4v) is 1.58. The molecular formula is C9H19N3O6S. The molecule has 10 heteroatoms. The molecule has 1 unspecified atom stereocenters. The summed E-state index contributed by atoms with van der Waals surface area (Å²) in [4.78, 5) is 21.8. The Morgan fingerprint density at radius 1 is 1.37 bits per heavy atom. The van der Waals surface area contributed by atoms with Gasteiger partial charge >= 0.3 is 12.0 Å². The minimum Gasteiger partial charge on any atom is -0.481 e. The van der Waals surface area contributed by atoms with Crippen LogP contribution < -0.4 is 15.8 Å². The normalized spacial score (nSPS) is 12.7. The molecule has 112 valence electrons. The first-order valence-corrected chi connectivity index (χ1v) is 7.31. The maximum absolute atomic E-state index is 11.3. The Balaban J connectivity index is 3.94. The second kappa shape index (κ2) is 8.67. The fourth-order valence-electron chi connectivity index (χ4n) is 1.20. The van der Waals surface area contributed by atoms with Gasteiger partial charge in [0.15, 0.2) is 0 Å². The third kappa shape index (κ3) is 11.4. The van der Waals surface area contributed by atoms with E-state index in [-0.39, 0.29) is 25.3 Å². The van der Waals surface area contributed by atoms with Crippen molar-refractivity contribution < 1.29 is 27.9 Å². The van der Waals surface area contributed by atoms with E-state index in [9.17, 15) is 18.0 Å². The molecule has 19 heavy (non-hydrogen) atoms. The van der Waals surface area contributed by atoms with Crippen LogP contribution in [0.15, 0.2) is 0 Å². The molecule has 0 aliphatic carbocycles. The largest absolute Gasteiger partial charge is 0.481 e. The van der Waals surface area contributed by atoms with E-state index in [0.717, 1.165) is 0 Å². The molecule has 0 aromatic carbocycles. The Kier molecular flexibility index (Phi) is 8.03. The first-order chi connectivity index (χ1) is 8.74. The van der Waals surface area contributed by atoms with Gasteiger partial charge in [-0.3, -0.25) is 4.79 Å². The van der Waals surface area contributed by atoms with E-state index in [0.29, 0.717) is 6.61 Å². The minimum atomic E-state index is -3.62. The number of carbonyl (C=O) groups is 2. The van der Waals surface area contributed by atoms with E-state index >= 15 is 0 Å². The summed E-state index contributed by atoms with van der Waals surface area (Å²) in [5.74, 6) is -1.40. The third-order valence-electron chi connectivity index (χ3n) is 1.97. The summed E-state index contributed by atoms with van der Waals surface area (Å²) < 4.78 is 26.3. The van der Waals surface area contributed by atoms with Gasteiger partial charge in [0, 0.05) is 19.7 Å². The van der Waals surface area contributed by atoms with Gasteiger partial charge < -0.3 is 20.5 Å². The zero-order chi connectivity index (χ0) is 14.9. The summed E-state index contributed by atoms with van der Waals surface area (Å²) in [6.07, 6.45) is -0.864. The fraction of sp³-hybridized carbons (Fsp3) is 0.778. The van der Waals surface area contributed by atoms with Crippen molar-refractivity contribution in [3.8, 4) is 0 Å². The van der Waals surface area contributed by atoms with Gasteiger partial charge in [-0.15, -0.1) is 0 Å². The Morgan fingerprint density at radius 3 is 2.47 bits per heavy atom. The summed E-state index contributed by atoms with van der Waals surface area (Å²) in [5.41, 5.74) is 0. The lowest BCUT2D eigenvalue weighted by Gasteiger charge is -2.15. The lowest BCUT2D eigenvalue weighted by Crippen LogP contribution is -2.42. The predicted molar refractivity (Wildman–Crippen MR) is 67.0 cm³/mol. The van der Waals surface area contributed by atoms with Gasteiger partial charge in [0.05, 0.1) is 18.3 Å². The molecule has 5 N–H and O–H groups in total. The van der Waals surface area contributed by atoms with Gasteiger partial charge in [-0.1, -0.05) is 0 Å². The summed E-state index contributed by atoms with van der Waals surface area (Å²) in [6, 6.07) is -0.612. The quantitative estimate of drug-likeness (QED) is 0.405. The number of urea groups is 1. The number of hydrogen-bond acceptors (Lipinski definition) is 5. The zero-order valence-corrected chi connectivity index (χ0v) is 11.4. The third-order valence-corrected chi connectivity index (χ3v) is 2.74. The Hall–Kier alpha value is -1.39. The summed E-state index contributed by atoms with van der Waals surface area (Å²) in [7, 11) is -3.62. The number of nitrogens with two attached hydrogens (primary N) is 1. The highest BCUT2D eigenvalue weighted by Crippen LogP contribution is 1.97. The van der Waals surface area contributed by atoms with Crippen LogP contribution in [0.3, 0.4) is 0 Å². The number of sulfonamides is 1. The lowest BCUT2D eigenvalue weighted by atomic mass is 10.2. The first kappa shape index (κ1) is 17.6. The average molecular weight is 297 g/mol. The molecule has 0 saturated heterocycles. The SMILES string of the molecule is CCOC(CNC(=O)NCCS(N)(=O)=O)CC(=O)O. The molecule has 9 nitrogen and oxygen atoms in total. The number of hydrogen-bond donors (Lipinski definition) is 4. The van der Waals surface area contributed by atoms with Gasteiger partial charge in [0.1, 0.15) is 0 Å². The van der Waals surface area contributed by atoms with Crippen LogP contribution in [0.5, 0.6) is 0 Å². The Morgan fingerprint density at radius 2 is 2.00 bits per heavy atom. The van der Waals surface area contributed by atoms with Crippen LogP contribution in [0.2, 0.25) is 0 Å². The Labute approximate surface area is 111 Å². The highest BCUT2D eigenvalue weighted by atomic mass is 32.2. The van der Waals surface area contributed by atoms with Crippen LogP contribution >= 0.6 is 0 Å². The molecule has 0 spiro atoms. The van der Waals surface area contributed by atoms with Crippen LogP contribution in [-0.4, -0.2) is 57.1 Å². The molecule has 0 heterocycles. The van der Waals surface area contributed by atoms with Crippen molar-refractivity contribution in [3.63, 3.8) is 0 Å². The topological polar surface area (TPSA) is 148 Å².